The standard InChI is InChI=1S/C23H27N3O2S2/c1-15(21(27)24-17-11-7-2-3-8-12-17)29-14-19-25-22(28)20-18(13-30-23(20)26-19)16-9-5-4-6-10-16/h4-6,9-10,13,15,17H,2-3,7-8,11-12,14H2,1H3,(H,24,27)(H,25,26,28). The number of H-pyrrole nitrogens is 1. The predicted octanol–water partition coefficient (Wildman–Crippen LogP) is 5.11. The molecule has 0 bridgehead atoms. The third-order valence-electron chi connectivity index (χ3n) is 5.62. The number of aromatic amines is 1. The molecule has 1 atom stereocenters. The molecule has 0 saturated heterocycles. The van der Waals surface area contributed by atoms with Gasteiger partial charge in [0.1, 0.15) is 10.7 Å². The smallest absolute Gasteiger partial charge is 0.260 e. The van der Waals surface area contributed by atoms with Crippen molar-refractivity contribution in [2.45, 2.75) is 62.5 Å². The second-order valence-corrected chi connectivity index (χ2v) is 10.0. The average Bonchev–Trinajstić information content (AvgIpc) is 3.02. The van der Waals surface area contributed by atoms with Crippen LogP contribution < -0.4 is 10.9 Å². The lowest BCUT2D eigenvalue weighted by molar-refractivity contribution is -0.121. The Labute approximate surface area is 184 Å². The summed E-state index contributed by atoms with van der Waals surface area (Å²) < 4.78 is 0. The van der Waals surface area contributed by atoms with Gasteiger partial charge in [-0.2, -0.15) is 0 Å². The molecule has 2 heterocycles. The molecule has 3 aromatic rings. The molecule has 158 valence electrons. The lowest BCUT2D eigenvalue weighted by Gasteiger charge is -2.19. The highest BCUT2D eigenvalue weighted by Gasteiger charge is 2.20. The summed E-state index contributed by atoms with van der Waals surface area (Å²) >= 11 is 3.00. The van der Waals surface area contributed by atoms with Crippen LogP contribution in [0, 0.1) is 0 Å². The summed E-state index contributed by atoms with van der Waals surface area (Å²) in [6, 6.07) is 10.2. The summed E-state index contributed by atoms with van der Waals surface area (Å²) in [4.78, 5) is 33.6. The number of hydrogen-bond acceptors (Lipinski definition) is 5. The molecule has 0 radical (unpaired) electrons. The molecule has 1 amide bonds. The van der Waals surface area contributed by atoms with E-state index in [9.17, 15) is 9.59 Å². The minimum atomic E-state index is -0.183. The fourth-order valence-corrected chi connectivity index (χ4v) is 5.64. The molecule has 2 aromatic heterocycles. The fourth-order valence-electron chi connectivity index (χ4n) is 3.91. The van der Waals surface area contributed by atoms with Crippen molar-refractivity contribution in [2.75, 3.05) is 0 Å². The molecule has 4 rings (SSSR count). The number of aromatic nitrogens is 2. The van der Waals surface area contributed by atoms with Crippen molar-refractivity contribution in [3.8, 4) is 11.1 Å². The van der Waals surface area contributed by atoms with Crippen LogP contribution in [0.4, 0.5) is 0 Å². The predicted molar refractivity (Wildman–Crippen MR) is 126 cm³/mol. The van der Waals surface area contributed by atoms with E-state index in [0.717, 1.165) is 28.8 Å². The number of fused-ring (bicyclic) bond motifs is 1. The van der Waals surface area contributed by atoms with E-state index < -0.39 is 0 Å². The summed E-state index contributed by atoms with van der Waals surface area (Å²) in [6.45, 7) is 1.92. The number of nitrogens with zero attached hydrogens (tertiary/aromatic N) is 1. The Kier molecular flexibility index (Phi) is 6.89. The van der Waals surface area contributed by atoms with E-state index in [1.165, 1.54) is 48.8 Å². The third kappa shape index (κ3) is 4.95. The van der Waals surface area contributed by atoms with E-state index in [1.807, 2.05) is 42.6 Å². The third-order valence-corrected chi connectivity index (χ3v) is 7.65. The molecule has 1 aliphatic rings. The van der Waals surface area contributed by atoms with Crippen LogP contribution in [0.2, 0.25) is 0 Å². The highest BCUT2D eigenvalue weighted by Crippen LogP contribution is 2.31. The maximum atomic E-state index is 12.8. The Morgan fingerprint density at radius 3 is 2.70 bits per heavy atom. The van der Waals surface area contributed by atoms with Gasteiger partial charge in [0.2, 0.25) is 5.91 Å². The lowest BCUT2D eigenvalue weighted by Crippen LogP contribution is -2.39. The first kappa shape index (κ1) is 21.1. The number of hydrogen-bond donors (Lipinski definition) is 2. The quantitative estimate of drug-likeness (QED) is 0.521. The zero-order chi connectivity index (χ0) is 20.9. The normalized spacial score (nSPS) is 16.3. The van der Waals surface area contributed by atoms with E-state index in [-0.39, 0.29) is 16.7 Å². The van der Waals surface area contributed by atoms with Gasteiger partial charge in [0.25, 0.3) is 5.56 Å². The van der Waals surface area contributed by atoms with Crippen LogP contribution in [0.1, 0.15) is 51.3 Å². The maximum absolute atomic E-state index is 12.8. The molecule has 1 saturated carbocycles. The number of benzene rings is 1. The van der Waals surface area contributed by atoms with Crippen LogP contribution in [0.15, 0.2) is 40.5 Å². The summed E-state index contributed by atoms with van der Waals surface area (Å²) in [5.41, 5.74) is 1.81. The van der Waals surface area contributed by atoms with Crippen molar-refractivity contribution in [1.82, 2.24) is 15.3 Å². The number of carbonyl (C=O) groups excluding carboxylic acids is 1. The first-order valence-corrected chi connectivity index (χ1v) is 12.5. The summed E-state index contributed by atoms with van der Waals surface area (Å²) in [6.07, 6.45) is 7.10. The van der Waals surface area contributed by atoms with Crippen molar-refractivity contribution < 1.29 is 4.79 Å². The molecule has 1 aromatic carbocycles. The van der Waals surface area contributed by atoms with E-state index in [1.54, 1.807) is 0 Å². The van der Waals surface area contributed by atoms with Gasteiger partial charge in [0, 0.05) is 17.0 Å². The van der Waals surface area contributed by atoms with Crippen molar-refractivity contribution in [1.29, 1.82) is 0 Å². The van der Waals surface area contributed by atoms with Gasteiger partial charge >= 0.3 is 0 Å². The monoisotopic (exact) mass is 441 g/mol. The number of amides is 1. The first-order chi connectivity index (χ1) is 14.6. The van der Waals surface area contributed by atoms with E-state index >= 15 is 0 Å². The molecule has 0 spiro atoms. The molecule has 1 fully saturated rings. The highest BCUT2D eigenvalue weighted by molar-refractivity contribution is 7.99. The van der Waals surface area contributed by atoms with Crippen molar-refractivity contribution in [3.63, 3.8) is 0 Å². The maximum Gasteiger partial charge on any atom is 0.260 e. The van der Waals surface area contributed by atoms with E-state index in [4.69, 9.17) is 0 Å². The molecule has 1 aliphatic carbocycles. The minimum Gasteiger partial charge on any atom is -0.352 e. The molecular formula is C23H27N3O2S2. The SMILES string of the molecule is CC(SCc1nc2scc(-c3ccccc3)c2c(=O)[nH]1)C(=O)NC1CCCCCC1. The molecule has 2 N–H and O–H groups in total. The summed E-state index contributed by atoms with van der Waals surface area (Å²) in [5.74, 6) is 1.20. The van der Waals surface area contributed by atoms with Crippen LogP contribution in [-0.2, 0) is 10.5 Å². The minimum absolute atomic E-state index is 0.0813. The molecular weight excluding hydrogens is 414 g/mol. The zero-order valence-electron chi connectivity index (χ0n) is 17.1. The number of thiophene rings is 1. The Balaban J connectivity index is 1.41. The Morgan fingerprint density at radius 2 is 1.97 bits per heavy atom. The fraction of sp³-hybridized carbons (Fsp3) is 0.435. The van der Waals surface area contributed by atoms with Crippen molar-refractivity contribution >= 4 is 39.2 Å². The molecule has 0 aliphatic heterocycles. The van der Waals surface area contributed by atoms with Gasteiger partial charge in [-0.1, -0.05) is 56.0 Å². The van der Waals surface area contributed by atoms with Gasteiger partial charge in [-0.05, 0) is 25.3 Å². The number of nitrogens with one attached hydrogen (secondary N) is 2. The average molecular weight is 442 g/mol. The first-order valence-electron chi connectivity index (χ1n) is 10.6. The molecule has 7 heteroatoms. The largest absolute Gasteiger partial charge is 0.352 e. The van der Waals surface area contributed by atoms with E-state index in [0.29, 0.717) is 23.0 Å². The van der Waals surface area contributed by atoms with Gasteiger partial charge in [0.05, 0.1) is 16.4 Å². The number of thioether (sulfide) groups is 1. The van der Waals surface area contributed by atoms with Gasteiger partial charge in [-0.15, -0.1) is 23.1 Å². The molecule has 5 nitrogen and oxygen atoms in total. The van der Waals surface area contributed by atoms with Gasteiger partial charge in [0.15, 0.2) is 0 Å². The summed E-state index contributed by atoms with van der Waals surface area (Å²) in [7, 11) is 0. The molecule has 30 heavy (non-hydrogen) atoms. The number of rotatable bonds is 6. The summed E-state index contributed by atoms with van der Waals surface area (Å²) in [5, 5.41) is 5.65. The Bertz CT molecular complexity index is 1050. The van der Waals surface area contributed by atoms with Crippen LogP contribution >= 0.6 is 23.1 Å². The van der Waals surface area contributed by atoms with Gasteiger partial charge < -0.3 is 10.3 Å². The lowest BCUT2D eigenvalue weighted by atomic mass is 10.1. The Morgan fingerprint density at radius 1 is 1.23 bits per heavy atom. The van der Waals surface area contributed by atoms with Crippen LogP contribution in [0.3, 0.4) is 0 Å². The van der Waals surface area contributed by atoms with Gasteiger partial charge in [-0.25, -0.2) is 4.98 Å². The Hall–Kier alpha value is -2.12. The van der Waals surface area contributed by atoms with Crippen LogP contribution in [-0.4, -0.2) is 27.2 Å². The topological polar surface area (TPSA) is 74.8 Å². The van der Waals surface area contributed by atoms with E-state index in [2.05, 4.69) is 15.3 Å². The van der Waals surface area contributed by atoms with Crippen molar-refractivity contribution in [3.05, 3.63) is 51.9 Å². The second kappa shape index (κ2) is 9.79. The zero-order valence-corrected chi connectivity index (χ0v) is 18.8. The van der Waals surface area contributed by atoms with Crippen LogP contribution in [0.5, 0.6) is 0 Å². The number of carbonyl (C=O) groups is 1. The second-order valence-electron chi connectivity index (χ2n) is 7.86. The molecule has 1 unspecified atom stereocenters. The van der Waals surface area contributed by atoms with Gasteiger partial charge in [-0.3, -0.25) is 9.59 Å². The van der Waals surface area contributed by atoms with Crippen LogP contribution in [0.25, 0.3) is 21.3 Å². The van der Waals surface area contributed by atoms with Crippen molar-refractivity contribution in [2.24, 2.45) is 0 Å². The highest BCUT2D eigenvalue weighted by atomic mass is 32.2.